The van der Waals surface area contributed by atoms with E-state index in [9.17, 15) is 0 Å². The molecule has 1 unspecified atom stereocenters. The highest BCUT2D eigenvalue weighted by Crippen LogP contribution is 2.34. The standard InChI is InChI=1S/C12H25NS/c1-3-9-13-12(8-10-14-2)7-6-11-4-5-11/h11-13H,3-10H2,1-2H3. The fraction of sp³-hybridized carbons (Fsp3) is 1.00. The van der Waals surface area contributed by atoms with Crippen molar-refractivity contribution >= 4 is 11.8 Å². The van der Waals surface area contributed by atoms with Crippen LogP contribution in [0.25, 0.3) is 0 Å². The molecule has 0 spiro atoms. The second-order valence-corrected chi connectivity index (χ2v) is 5.44. The zero-order valence-corrected chi connectivity index (χ0v) is 10.5. The molecule has 2 heteroatoms. The van der Waals surface area contributed by atoms with Crippen molar-refractivity contribution in [3.63, 3.8) is 0 Å². The van der Waals surface area contributed by atoms with Gasteiger partial charge in [-0.2, -0.15) is 11.8 Å². The van der Waals surface area contributed by atoms with Crippen molar-refractivity contribution in [1.29, 1.82) is 0 Å². The summed E-state index contributed by atoms with van der Waals surface area (Å²) in [5.74, 6) is 2.40. The number of thioether (sulfide) groups is 1. The number of nitrogens with one attached hydrogen (secondary N) is 1. The van der Waals surface area contributed by atoms with Gasteiger partial charge in [0.25, 0.3) is 0 Å². The maximum atomic E-state index is 3.67. The van der Waals surface area contributed by atoms with Crippen LogP contribution in [0.2, 0.25) is 0 Å². The minimum atomic E-state index is 0.794. The Morgan fingerprint density at radius 1 is 1.36 bits per heavy atom. The van der Waals surface area contributed by atoms with Crippen LogP contribution in [0, 0.1) is 5.92 Å². The Morgan fingerprint density at radius 3 is 2.71 bits per heavy atom. The molecule has 0 radical (unpaired) electrons. The van der Waals surface area contributed by atoms with E-state index in [0.717, 1.165) is 12.0 Å². The summed E-state index contributed by atoms with van der Waals surface area (Å²) in [5, 5.41) is 3.67. The van der Waals surface area contributed by atoms with Crippen LogP contribution < -0.4 is 5.32 Å². The maximum Gasteiger partial charge on any atom is 0.00750 e. The van der Waals surface area contributed by atoms with Gasteiger partial charge in [0.1, 0.15) is 0 Å². The van der Waals surface area contributed by atoms with Gasteiger partial charge >= 0.3 is 0 Å². The molecule has 1 N–H and O–H groups in total. The molecule has 1 aliphatic rings. The lowest BCUT2D eigenvalue weighted by atomic mass is 10.1. The highest BCUT2D eigenvalue weighted by molar-refractivity contribution is 7.98. The summed E-state index contributed by atoms with van der Waals surface area (Å²) in [6, 6.07) is 0.794. The molecule has 0 bridgehead atoms. The van der Waals surface area contributed by atoms with Gasteiger partial charge in [-0.25, -0.2) is 0 Å². The van der Waals surface area contributed by atoms with Crippen LogP contribution in [0.1, 0.15) is 45.4 Å². The Balaban J connectivity index is 2.05. The monoisotopic (exact) mass is 215 g/mol. The summed E-state index contributed by atoms with van der Waals surface area (Å²) in [4.78, 5) is 0. The summed E-state index contributed by atoms with van der Waals surface area (Å²) in [5.41, 5.74) is 0. The molecular weight excluding hydrogens is 190 g/mol. The van der Waals surface area contributed by atoms with Crippen LogP contribution in [-0.4, -0.2) is 24.6 Å². The average molecular weight is 215 g/mol. The van der Waals surface area contributed by atoms with Crippen LogP contribution in [0.5, 0.6) is 0 Å². The fourth-order valence-corrected chi connectivity index (χ4v) is 2.32. The van der Waals surface area contributed by atoms with Crippen molar-refractivity contribution in [1.82, 2.24) is 5.32 Å². The molecule has 0 aromatic heterocycles. The molecule has 1 fully saturated rings. The smallest absolute Gasteiger partial charge is 0.00750 e. The number of hydrogen-bond acceptors (Lipinski definition) is 2. The normalized spacial score (nSPS) is 18.4. The fourth-order valence-electron chi connectivity index (χ4n) is 1.80. The Bertz CT molecular complexity index is 126. The van der Waals surface area contributed by atoms with Crippen molar-refractivity contribution in [2.24, 2.45) is 5.92 Å². The molecule has 0 amide bonds. The molecule has 84 valence electrons. The van der Waals surface area contributed by atoms with Crippen molar-refractivity contribution in [2.45, 2.75) is 51.5 Å². The molecule has 1 rings (SSSR count). The summed E-state index contributed by atoms with van der Waals surface area (Å²) in [6.45, 7) is 3.45. The lowest BCUT2D eigenvalue weighted by Crippen LogP contribution is -2.30. The van der Waals surface area contributed by atoms with E-state index < -0.39 is 0 Å². The van der Waals surface area contributed by atoms with Gasteiger partial charge in [0.2, 0.25) is 0 Å². The Morgan fingerprint density at radius 2 is 2.14 bits per heavy atom. The van der Waals surface area contributed by atoms with Gasteiger partial charge in [0.15, 0.2) is 0 Å². The first-order chi connectivity index (χ1) is 6.86. The third-order valence-electron chi connectivity index (χ3n) is 2.97. The first kappa shape index (κ1) is 12.4. The highest BCUT2D eigenvalue weighted by atomic mass is 32.2. The van der Waals surface area contributed by atoms with E-state index in [-0.39, 0.29) is 0 Å². The van der Waals surface area contributed by atoms with Gasteiger partial charge in [-0.1, -0.05) is 19.8 Å². The summed E-state index contributed by atoms with van der Waals surface area (Å²) in [7, 11) is 0. The van der Waals surface area contributed by atoms with Crippen molar-refractivity contribution in [3.05, 3.63) is 0 Å². The van der Waals surface area contributed by atoms with E-state index in [1.807, 2.05) is 11.8 Å². The second-order valence-electron chi connectivity index (χ2n) is 4.45. The predicted molar refractivity (Wildman–Crippen MR) is 67.0 cm³/mol. The maximum absolute atomic E-state index is 3.67. The molecular formula is C12H25NS. The van der Waals surface area contributed by atoms with E-state index >= 15 is 0 Å². The molecule has 14 heavy (non-hydrogen) atoms. The van der Waals surface area contributed by atoms with Crippen LogP contribution in [0.4, 0.5) is 0 Å². The molecule has 0 aliphatic heterocycles. The quantitative estimate of drug-likeness (QED) is 0.633. The van der Waals surface area contributed by atoms with Crippen LogP contribution in [0.3, 0.4) is 0 Å². The van der Waals surface area contributed by atoms with Gasteiger partial charge in [0, 0.05) is 6.04 Å². The van der Waals surface area contributed by atoms with E-state index in [4.69, 9.17) is 0 Å². The van der Waals surface area contributed by atoms with Crippen molar-refractivity contribution < 1.29 is 0 Å². The van der Waals surface area contributed by atoms with Crippen LogP contribution >= 0.6 is 11.8 Å². The Labute approximate surface area is 93.4 Å². The minimum absolute atomic E-state index is 0.794. The van der Waals surface area contributed by atoms with Gasteiger partial charge in [-0.15, -0.1) is 0 Å². The summed E-state index contributed by atoms with van der Waals surface area (Å²) >= 11 is 1.97. The van der Waals surface area contributed by atoms with Gasteiger partial charge < -0.3 is 5.32 Å². The molecule has 1 saturated carbocycles. The molecule has 1 atom stereocenters. The lowest BCUT2D eigenvalue weighted by molar-refractivity contribution is 0.446. The zero-order chi connectivity index (χ0) is 10.2. The minimum Gasteiger partial charge on any atom is -0.314 e. The first-order valence-electron chi connectivity index (χ1n) is 6.09. The molecule has 0 heterocycles. The average Bonchev–Trinajstić information content (AvgIpc) is 3.00. The molecule has 0 saturated heterocycles. The lowest BCUT2D eigenvalue weighted by Gasteiger charge is -2.17. The largest absolute Gasteiger partial charge is 0.314 e. The molecule has 0 aromatic rings. The summed E-state index contributed by atoms with van der Waals surface area (Å²) in [6.07, 6.45) is 10.7. The Hall–Kier alpha value is 0.310. The van der Waals surface area contributed by atoms with Gasteiger partial charge in [-0.3, -0.25) is 0 Å². The van der Waals surface area contributed by atoms with Crippen molar-refractivity contribution in [3.8, 4) is 0 Å². The predicted octanol–water partition coefficient (Wildman–Crippen LogP) is 3.30. The third-order valence-corrected chi connectivity index (χ3v) is 3.62. The van der Waals surface area contributed by atoms with E-state index in [1.165, 1.54) is 50.8 Å². The van der Waals surface area contributed by atoms with Gasteiger partial charge in [-0.05, 0) is 50.2 Å². The first-order valence-corrected chi connectivity index (χ1v) is 7.48. The SMILES string of the molecule is CCCNC(CCSC)CCC1CC1. The highest BCUT2D eigenvalue weighted by Gasteiger charge is 2.22. The molecule has 1 nitrogen and oxygen atoms in total. The van der Waals surface area contributed by atoms with E-state index in [0.29, 0.717) is 0 Å². The van der Waals surface area contributed by atoms with Crippen LogP contribution in [-0.2, 0) is 0 Å². The number of rotatable bonds is 9. The molecule has 1 aliphatic carbocycles. The van der Waals surface area contributed by atoms with Gasteiger partial charge in [0.05, 0.1) is 0 Å². The van der Waals surface area contributed by atoms with Crippen molar-refractivity contribution in [2.75, 3.05) is 18.6 Å². The molecule has 0 aromatic carbocycles. The third kappa shape index (κ3) is 5.92. The number of hydrogen-bond donors (Lipinski definition) is 1. The summed E-state index contributed by atoms with van der Waals surface area (Å²) < 4.78 is 0. The van der Waals surface area contributed by atoms with Crippen LogP contribution in [0.15, 0.2) is 0 Å². The van der Waals surface area contributed by atoms with E-state index in [1.54, 1.807) is 0 Å². The topological polar surface area (TPSA) is 12.0 Å². The Kier molecular flexibility index (Phi) is 6.70. The van der Waals surface area contributed by atoms with E-state index in [2.05, 4.69) is 18.5 Å². The zero-order valence-electron chi connectivity index (χ0n) is 9.72. The second kappa shape index (κ2) is 7.58.